The summed E-state index contributed by atoms with van der Waals surface area (Å²) in [5, 5.41) is 20.5. The van der Waals surface area contributed by atoms with Gasteiger partial charge in [-0.05, 0) is 29.9 Å². The molecule has 2 heterocycles. The van der Waals surface area contributed by atoms with Gasteiger partial charge in [-0.15, -0.1) is 0 Å². The number of non-ortho nitro benzene ring substituents is 1. The molecule has 3 atom stereocenters. The molecule has 1 amide bonds. The summed E-state index contributed by atoms with van der Waals surface area (Å²) < 4.78 is 5.76. The van der Waals surface area contributed by atoms with Gasteiger partial charge in [-0.25, -0.2) is 19.6 Å². The molecule has 0 radical (unpaired) electrons. The van der Waals surface area contributed by atoms with Crippen LogP contribution < -0.4 is 4.90 Å². The van der Waals surface area contributed by atoms with Gasteiger partial charge < -0.3 is 19.6 Å². The third-order valence-corrected chi connectivity index (χ3v) is 6.75. The quantitative estimate of drug-likeness (QED) is 0.388. The van der Waals surface area contributed by atoms with Gasteiger partial charge in [-0.1, -0.05) is 27.7 Å². The molecule has 2 aliphatic rings. The molecule has 1 aliphatic carbocycles. The number of carbonyl (C=O) groups excluding carboxylic acids is 1. The molecule has 1 unspecified atom stereocenters. The van der Waals surface area contributed by atoms with E-state index in [2.05, 4.69) is 14.9 Å². The number of carboxylic acid groups (broad SMARTS) is 1. The molecule has 1 N–H and O–H groups in total. The van der Waals surface area contributed by atoms with Crippen molar-refractivity contribution in [3.8, 4) is 0 Å². The molecule has 0 saturated carbocycles. The first-order valence-corrected chi connectivity index (χ1v) is 11.5. The van der Waals surface area contributed by atoms with Crippen molar-refractivity contribution in [3.05, 3.63) is 57.5 Å². The molecule has 186 valence electrons. The highest BCUT2D eigenvalue weighted by atomic mass is 16.6. The molecule has 0 spiro atoms. The fourth-order valence-electron chi connectivity index (χ4n) is 4.90. The summed E-state index contributed by atoms with van der Waals surface area (Å²) in [6.07, 6.45) is 0.499. The molecule has 4 rings (SSSR count). The van der Waals surface area contributed by atoms with E-state index in [0.717, 1.165) is 11.4 Å². The smallest absolute Gasteiger partial charge is 0.407 e. The van der Waals surface area contributed by atoms with E-state index in [-0.39, 0.29) is 28.6 Å². The van der Waals surface area contributed by atoms with Gasteiger partial charge in [-0.3, -0.25) is 10.1 Å². The predicted molar refractivity (Wildman–Crippen MR) is 127 cm³/mol. The number of carbonyl (C=O) groups is 2. The number of fused-ring (bicyclic) bond motifs is 1. The Hall–Kier alpha value is -3.76. The van der Waals surface area contributed by atoms with E-state index in [4.69, 9.17) is 4.74 Å². The summed E-state index contributed by atoms with van der Waals surface area (Å²) in [7, 11) is 0. The number of hydrogen-bond donors (Lipinski definition) is 1. The molecular formula is C24H29N5O6. The van der Waals surface area contributed by atoms with Gasteiger partial charge in [-0.2, -0.15) is 0 Å². The summed E-state index contributed by atoms with van der Waals surface area (Å²) in [6.45, 7) is 9.47. The van der Waals surface area contributed by atoms with Gasteiger partial charge in [0.15, 0.2) is 0 Å². The number of nitro benzene ring substituents is 1. The van der Waals surface area contributed by atoms with Crippen molar-refractivity contribution in [2.45, 2.75) is 52.2 Å². The molecule has 1 fully saturated rings. The van der Waals surface area contributed by atoms with Crippen LogP contribution in [0.5, 0.6) is 0 Å². The summed E-state index contributed by atoms with van der Waals surface area (Å²) in [4.78, 5) is 47.5. The largest absolute Gasteiger partial charge is 0.465 e. The average molecular weight is 484 g/mol. The summed E-state index contributed by atoms with van der Waals surface area (Å²) in [5.41, 5.74) is 1.41. The van der Waals surface area contributed by atoms with Gasteiger partial charge >= 0.3 is 12.1 Å². The summed E-state index contributed by atoms with van der Waals surface area (Å²) >= 11 is 0. The molecule has 0 bridgehead atoms. The molecule has 11 nitrogen and oxygen atoms in total. The number of aromatic nitrogens is 2. The standard InChI is InChI=1S/C24H29N5O6/c1-14-11-17(35-22(30)15-5-7-16(8-6-15)29(33)34)20-19(14)21(26-13-25-20)27-9-10-28(23(31)32)18(12-27)24(2,3)4/h5-8,13-14,17-18H,9-12H2,1-4H3,(H,31,32)/t14-,17+,18?/m1/s1. The Bertz CT molecular complexity index is 1150. The number of anilines is 1. The van der Waals surface area contributed by atoms with Crippen LogP contribution in [0, 0.1) is 15.5 Å². The Balaban J connectivity index is 1.57. The molecule has 35 heavy (non-hydrogen) atoms. The van der Waals surface area contributed by atoms with Crippen LogP contribution in [0.25, 0.3) is 0 Å². The van der Waals surface area contributed by atoms with Crippen molar-refractivity contribution in [3.63, 3.8) is 0 Å². The number of piperazine rings is 1. The van der Waals surface area contributed by atoms with E-state index in [1.807, 2.05) is 27.7 Å². The van der Waals surface area contributed by atoms with Gasteiger partial charge in [0.05, 0.1) is 22.2 Å². The number of ether oxygens (including phenoxy) is 1. The van der Waals surface area contributed by atoms with Crippen LogP contribution in [0.4, 0.5) is 16.3 Å². The fraction of sp³-hybridized carbons (Fsp3) is 0.500. The number of rotatable bonds is 4. The zero-order valence-electron chi connectivity index (χ0n) is 20.2. The second-order valence-electron chi connectivity index (χ2n) is 10.1. The van der Waals surface area contributed by atoms with Crippen LogP contribution >= 0.6 is 0 Å². The van der Waals surface area contributed by atoms with E-state index >= 15 is 0 Å². The van der Waals surface area contributed by atoms with E-state index in [1.54, 1.807) is 0 Å². The lowest BCUT2D eigenvalue weighted by molar-refractivity contribution is -0.384. The highest BCUT2D eigenvalue weighted by molar-refractivity contribution is 5.89. The zero-order valence-corrected chi connectivity index (χ0v) is 20.2. The van der Waals surface area contributed by atoms with Crippen molar-refractivity contribution < 1.29 is 24.4 Å². The van der Waals surface area contributed by atoms with E-state index in [0.29, 0.717) is 31.7 Å². The van der Waals surface area contributed by atoms with Crippen LogP contribution in [-0.4, -0.2) is 62.6 Å². The van der Waals surface area contributed by atoms with Gasteiger partial charge in [0.2, 0.25) is 0 Å². The third kappa shape index (κ3) is 4.75. The van der Waals surface area contributed by atoms with Gasteiger partial charge in [0.1, 0.15) is 18.2 Å². The second kappa shape index (κ2) is 9.12. The highest BCUT2D eigenvalue weighted by Gasteiger charge is 2.41. The molecule has 1 saturated heterocycles. The molecule has 11 heteroatoms. The summed E-state index contributed by atoms with van der Waals surface area (Å²) in [6, 6.07) is 5.07. The van der Waals surface area contributed by atoms with E-state index in [1.165, 1.54) is 35.5 Å². The Morgan fingerprint density at radius 1 is 1.17 bits per heavy atom. The second-order valence-corrected chi connectivity index (χ2v) is 10.1. The van der Waals surface area contributed by atoms with Gasteiger partial charge in [0, 0.05) is 37.3 Å². The Morgan fingerprint density at radius 3 is 2.46 bits per heavy atom. The minimum atomic E-state index is -0.927. The molecule has 1 aromatic heterocycles. The number of esters is 1. The first-order valence-electron chi connectivity index (χ1n) is 11.5. The van der Waals surface area contributed by atoms with E-state index < -0.39 is 23.1 Å². The fourth-order valence-corrected chi connectivity index (χ4v) is 4.90. The number of nitro groups is 1. The highest BCUT2D eigenvalue weighted by Crippen LogP contribution is 2.45. The van der Waals surface area contributed by atoms with Crippen molar-refractivity contribution in [2.75, 3.05) is 24.5 Å². The Kier molecular flexibility index (Phi) is 6.35. The molecular weight excluding hydrogens is 454 g/mol. The SMILES string of the molecule is C[C@@H]1C[C@H](OC(=O)c2ccc([N+](=O)[O-])cc2)c2ncnc(N3CCN(C(=O)O)C(C(C)(C)C)C3)c21. The van der Waals surface area contributed by atoms with Crippen LogP contribution in [0.15, 0.2) is 30.6 Å². The van der Waals surface area contributed by atoms with Crippen LogP contribution in [-0.2, 0) is 4.74 Å². The minimum Gasteiger partial charge on any atom is -0.465 e. The maximum absolute atomic E-state index is 12.7. The molecule has 2 aromatic rings. The predicted octanol–water partition coefficient (Wildman–Crippen LogP) is 4.00. The number of hydrogen-bond acceptors (Lipinski definition) is 8. The molecule has 1 aromatic carbocycles. The van der Waals surface area contributed by atoms with Gasteiger partial charge in [0.25, 0.3) is 5.69 Å². The third-order valence-electron chi connectivity index (χ3n) is 6.75. The minimum absolute atomic E-state index is 0.0291. The number of amides is 1. The lowest BCUT2D eigenvalue weighted by Crippen LogP contribution is -2.59. The van der Waals surface area contributed by atoms with Crippen molar-refractivity contribution in [1.82, 2.24) is 14.9 Å². The lowest BCUT2D eigenvalue weighted by atomic mass is 9.84. The van der Waals surface area contributed by atoms with Crippen LogP contribution in [0.2, 0.25) is 0 Å². The zero-order chi connectivity index (χ0) is 25.5. The average Bonchev–Trinajstić information content (AvgIpc) is 3.13. The Labute approximate surface area is 202 Å². The topological polar surface area (TPSA) is 139 Å². The van der Waals surface area contributed by atoms with E-state index in [9.17, 15) is 24.8 Å². The number of benzene rings is 1. The first-order chi connectivity index (χ1) is 16.5. The van der Waals surface area contributed by atoms with Crippen LogP contribution in [0.1, 0.15) is 67.8 Å². The maximum Gasteiger partial charge on any atom is 0.407 e. The lowest BCUT2D eigenvalue weighted by Gasteiger charge is -2.46. The monoisotopic (exact) mass is 483 g/mol. The Morgan fingerprint density at radius 2 is 1.86 bits per heavy atom. The van der Waals surface area contributed by atoms with Crippen molar-refractivity contribution in [1.29, 1.82) is 0 Å². The maximum atomic E-state index is 12.7. The first kappa shape index (κ1) is 24.4. The molecule has 1 aliphatic heterocycles. The van der Waals surface area contributed by atoms with Crippen molar-refractivity contribution >= 4 is 23.6 Å². The van der Waals surface area contributed by atoms with Crippen LogP contribution in [0.3, 0.4) is 0 Å². The number of nitrogens with zero attached hydrogens (tertiary/aromatic N) is 5. The summed E-state index contributed by atoms with van der Waals surface area (Å²) in [5.74, 6) is 0.199. The van der Waals surface area contributed by atoms with Crippen molar-refractivity contribution in [2.24, 2.45) is 5.41 Å². The normalized spacial score (nSPS) is 22.0.